The number of amides is 2. The SMILES string of the molecule is C/C(=C\c1ccc2c(c1)N(S(=O)(=O)c1cccc(C)c1)[C@H](C)[C@H](NC(=O)N(C)C)C2)c1c(F)cccc1Cl. The Morgan fingerprint density at radius 1 is 1.13 bits per heavy atom. The van der Waals surface area contributed by atoms with Crippen LogP contribution < -0.4 is 9.62 Å². The molecule has 38 heavy (non-hydrogen) atoms. The average Bonchev–Trinajstić information content (AvgIpc) is 2.84. The summed E-state index contributed by atoms with van der Waals surface area (Å²) in [5, 5.41) is 3.27. The number of carbonyl (C=O) groups is 1. The van der Waals surface area contributed by atoms with Gasteiger partial charge in [-0.15, -0.1) is 0 Å². The standard InChI is InChI=1S/C29H31ClFN3O3S/c1-18-8-6-9-23(14-18)38(36,37)34-20(3)26(32-29(35)33(4)5)17-22-13-12-21(16-27(22)34)15-19(2)28-24(30)10-7-11-25(28)31/h6-16,20,26H,17H2,1-5H3,(H,32,35)/b19-15+/t20-,26-/m1/s1. The van der Waals surface area contributed by atoms with Crippen LogP contribution in [0.2, 0.25) is 5.02 Å². The van der Waals surface area contributed by atoms with Gasteiger partial charge in [0.25, 0.3) is 10.0 Å². The van der Waals surface area contributed by atoms with E-state index in [9.17, 15) is 17.6 Å². The summed E-state index contributed by atoms with van der Waals surface area (Å²) in [4.78, 5) is 14.1. The zero-order valence-electron chi connectivity index (χ0n) is 22.0. The number of halogens is 2. The molecule has 2 amide bonds. The summed E-state index contributed by atoms with van der Waals surface area (Å²) in [6.07, 6.45) is 2.24. The second kappa shape index (κ2) is 10.8. The number of hydrogen-bond donors (Lipinski definition) is 1. The number of hydrogen-bond acceptors (Lipinski definition) is 3. The zero-order chi connectivity index (χ0) is 27.8. The van der Waals surface area contributed by atoms with Gasteiger partial charge in [0, 0.05) is 19.7 Å². The number of benzene rings is 3. The molecule has 1 N–H and O–H groups in total. The largest absolute Gasteiger partial charge is 0.333 e. The lowest BCUT2D eigenvalue weighted by atomic mass is 9.92. The van der Waals surface area contributed by atoms with Gasteiger partial charge in [-0.1, -0.05) is 48.0 Å². The summed E-state index contributed by atoms with van der Waals surface area (Å²) < 4.78 is 44.0. The van der Waals surface area contributed by atoms with E-state index in [0.717, 1.165) is 11.1 Å². The first-order valence-electron chi connectivity index (χ1n) is 12.2. The van der Waals surface area contributed by atoms with Crippen molar-refractivity contribution in [2.75, 3.05) is 18.4 Å². The van der Waals surface area contributed by atoms with Crippen LogP contribution in [0.4, 0.5) is 14.9 Å². The van der Waals surface area contributed by atoms with Gasteiger partial charge in [0.15, 0.2) is 0 Å². The van der Waals surface area contributed by atoms with Crippen LogP contribution in [0.25, 0.3) is 11.6 Å². The minimum absolute atomic E-state index is 0.171. The van der Waals surface area contributed by atoms with Gasteiger partial charge in [-0.25, -0.2) is 17.6 Å². The molecule has 9 heteroatoms. The minimum atomic E-state index is -3.98. The Bertz CT molecular complexity index is 1500. The van der Waals surface area contributed by atoms with E-state index >= 15 is 0 Å². The monoisotopic (exact) mass is 555 g/mol. The number of urea groups is 1. The molecule has 3 aromatic rings. The molecular weight excluding hydrogens is 525 g/mol. The van der Waals surface area contributed by atoms with Crippen LogP contribution in [-0.4, -0.2) is 45.5 Å². The van der Waals surface area contributed by atoms with Crippen molar-refractivity contribution in [1.82, 2.24) is 10.2 Å². The lowest BCUT2D eigenvalue weighted by Gasteiger charge is -2.41. The van der Waals surface area contributed by atoms with Crippen LogP contribution in [0.15, 0.2) is 65.6 Å². The predicted molar refractivity (Wildman–Crippen MR) is 151 cm³/mol. The van der Waals surface area contributed by atoms with Crippen molar-refractivity contribution < 1.29 is 17.6 Å². The Morgan fingerprint density at radius 2 is 1.84 bits per heavy atom. The van der Waals surface area contributed by atoms with Crippen LogP contribution in [0.5, 0.6) is 0 Å². The van der Waals surface area contributed by atoms with Gasteiger partial charge < -0.3 is 10.2 Å². The van der Waals surface area contributed by atoms with Crippen molar-refractivity contribution in [3.05, 3.63) is 93.8 Å². The molecule has 0 aromatic heterocycles. The maximum Gasteiger partial charge on any atom is 0.317 e. The number of sulfonamides is 1. The number of anilines is 1. The second-order valence-electron chi connectivity index (χ2n) is 9.82. The third kappa shape index (κ3) is 5.42. The fourth-order valence-corrected chi connectivity index (χ4v) is 6.87. The molecule has 3 aromatic carbocycles. The molecular formula is C29H31ClFN3O3S. The summed E-state index contributed by atoms with van der Waals surface area (Å²) in [6, 6.07) is 15.5. The molecule has 0 spiro atoms. The van der Waals surface area contributed by atoms with Crippen molar-refractivity contribution in [2.45, 2.75) is 44.2 Å². The number of allylic oxidation sites excluding steroid dienone is 1. The van der Waals surface area contributed by atoms with E-state index in [4.69, 9.17) is 11.6 Å². The molecule has 4 rings (SSSR count). The lowest BCUT2D eigenvalue weighted by molar-refractivity contribution is 0.211. The van der Waals surface area contributed by atoms with Crippen molar-refractivity contribution in [2.24, 2.45) is 0 Å². The Morgan fingerprint density at radius 3 is 2.50 bits per heavy atom. The van der Waals surface area contributed by atoms with Crippen LogP contribution >= 0.6 is 11.6 Å². The van der Waals surface area contributed by atoms with Crippen molar-refractivity contribution in [3.8, 4) is 0 Å². The summed E-state index contributed by atoms with van der Waals surface area (Å²) >= 11 is 6.26. The summed E-state index contributed by atoms with van der Waals surface area (Å²) in [5.41, 5.74) is 3.74. The molecule has 1 aliphatic heterocycles. The number of nitrogens with zero attached hydrogens (tertiary/aromatic N) is 2. The first-order valence-corrected chi connectivity index (χ1v) is 14.1. The number of fused-ring (bicyclic) bond motifs is 1. The number of aryl methyl sites for hydroxylation is 1. The third-order valence-corrected chi connectivity index (χ3v) is 8.95. The molecule has 0 bridgehead atoms. The molecule has 200 valence electrons. The summed E-state index contributed by atoms with van der Waals surface area (Å²) in [7, 11) is -0.701. The highest BCUT2D eigenvalue weighted by atomic mass is 35.5. The van der Waals surface area contributed by atoms with E-state index in [1.54, 1.807) is 70.4 Å². The van der Waals surface area contributed by atoms with E-state index in [-0.39, 0.29) is 10.9 Å². The van der Waals surface area contributed by atoms with Crippen molar-refractivity contribution >= 4 is 45.0 Å². The molecule has 0 aliphatic carbocycles. The fraction of sp³-hybridized carbons (Fsp3) is 0.276. The summed E-state index contributed by atoms with van der Waals surface area (Å²) in [5.74, 6) is -0.430. The Balaban J connectivity index is 1.84. The molecule has 0 radical (unpaired) electrons. The normalized spacial score (nSPS) is 17.7. The summed E-state index contributed by atoms with van der Waals surface area (Å²) in [6.45, 7) is 5.40. The van der Waals surface area contributed by atoms with E-state index in [1.807, 2.05) is 25.1 Å². The van der Waals surface area contributed by atoms with Crippen LogP contribution in [-0.2, 0) is 16.4 Å². The Hall–Kier alpha value is -3.36. The van der Waals surface area contributed by atoms with Gasteiger partial charge in [0.1, 0.15) is 5.82 Å². The van der Waals surface area contributed by atoms with E-state index in [0.29, 0.717) is 33.8 Å². The van der Waals surface area contributed by atoms with Crippen LogP contribution in [0, 0.1) is 12.7 Å². The van der Waals surface area contributed by atoms with Gasteiger partial charge in [-0.05, 0) is 79.8 Å². The molecule has 0 saturated heterocycles. The molecule has 1 heterocycles. The van der Waals surface area contributed by atoms with Gasteiger partial charge in [-0.3, -0.25) is 4.31 Å². The van der Waals surface area contributed by atoms with Gasteiger partial charge in [0.05, 0.1) is 27.7 Å². The Labute approximate surface area is 228 Å². The molecule has 1 aliphatic rings. The predicted octanol–water partition coefficient (Wildman–Crippen LogP) is 6.13. The molecule has 0 unspecified atom stereocenters. The smallest absolute Gasteiger partial charge is 0.317 e. The Kier molecular flexibility index (Phi) is 7.85. The highest BCUT2D eigenvalue weighted by molar-refractivity contribution is 7.92. The topological polar surface area (TPSA) is 69.7 Å². The van der Waals surface area contributed by atoms with Gasteiger partial charge in [-0.2, -0.15) is 0 Å². The first kappa shape index (κ1) is 27.7. The maximum absolute atomic E-state index is 14.5. The van der Waals surface area contributed by atoms with E-state index < -0.39 is 27.9 Å². The van der Waals surface area contributed by atoms with Crippen molar-refractivity contribution in [3.63, 3.8) is 0 Å². The second-order valence-corrected chi connectivity index (χ2v) is 12.0. The highest BCUT2D eigenvalue weighted by Crippen LogP contribution is 2.37. The van der Waals surface area contributed by atoms with Gasteiger partial charge in [0.2, 0.25) is 0 Å². The highest BCUT2D eigenvalue weighted by Gasteiger charge is 2.40. The van der Waals surface area contributed by atoms with E-state index in [1.165, 1.54) is 15.3 Å². The van der Waals surface area contributed by atoms with E-state index in [2.05, 4.69) is 5.32 Å². The van der Waals surface area contributed by atoms with Crippen molar-refractivity contribution in [1.29, 1.82) is 0 Å². The quantitative estimate of drug-likeness (QED) is 0.385. The molecule has 2 atom stereocenters. The number of nitrogens with one attached hydrogen (secondary N) is 1. The molecule has 6 nitrogen and oxygen atoms in total. The molecule has 0 fully saturated rings. The maximum atomic E-state index is 14.5. The van der Waals surface area contributed by atoms with Gasteiger partial charge >= 0.3 is 6.03 Å². The fourth-order valence-electron chi connectivity index (χ4n) is 4.73. The molecule has 0 saturated carbocycles. The van der Waals surface area contributed by atoms with Crippen LogP contribution in [0.3, 0.4) is 0 Å². The zero-order valence-corrected chi connectivity index (χ0v) is 23.6. The third-order valence-electron chi connectivity index (χ3n) is 6.74. The number of carbonyl (C=O) groups excluding carboxylic acids is 1. The lowest BCUT2D eigenvalue weighted by Crippen LogP contribution is -2.57. The number of rotatable bonds is 5. The minimum Gasteiger partial charge on any atom is -0.333 e. The first-order chi connectivity index (χ1) is 17.9. The van der Waals surface area contributed by atoms with Crippen LogP contribution in [0.1, 0.15) is 36.1 Å². The average molecular weight is 556 g/mol.